The lowest BCUT2D eigenvalue weighted by molar-refractivity contribution is -0.143. The molecule has 0 aliphatic carbocycles. The molecule has 1 fully saturated rings. The molecule has 2 amide bonds. The normalized spacial score (nSPS) is 15.0. The molecule has 0 atom stereocenters. The number of hydrogen-bond donors (Lipinski definition) is 2. The quantitative estimate of drug-likeness (QED) is 0.701. The summed E-state index contributed by atoms with van der Waals surface area (Å²) in [6.45, 7) is 2.63. The Morgan fingerprint density at radius 3 is 2.52 bits per heavy atom. The lowest BCUT2D eigenvalue weighted by Crippen LogP contribution is -2.45. The maximum absolute atomic E-state index is 12.0. The van der Waals surface area contributed by atoms with Gasteiger partial charge in [-0.25, -0.2) is 4.79 Å². The Bertz CT molecular complexity index is 553. The molecular formula is C18H26N2O5. The third-order valence-corrected chi connectivity index (χ3v) is 4.30. The number of piperidine rings is 1. The average Bonchev–Trinajstić information content (AvgIpc) is 2.65. The fourth-order valence-corrected chi connectivity index (χ4v) is 2.72. The van der Waals surface area contributed by atoms with Crippen LogP contribution in [-0.2, 0) is 16.1 Å². The van der Waals surface area contributed by atoms with Gasteiger partial charge < -0.3 is 24.8 Å². The van der Waals surface area contributed by atoms with Crippen LogP contribution in [0.5, 0.6) is 5.75 Å². The van der Waals surface area contributed by atoms with Crippen LogP contribution in [0, 0.1) is 5.92 Å². The highest BCUT2D eigenvalue weighted by Gasteiger charge is 2.26. The number of nitrogens with zero attached hydrogens (tertiary/aromatic N) is 1. The van der Waals surface area contributed by atoms with Crippen molar-refractivity contribution in [2.45, 2.75) is 25.9 Å². The highest BCUT2D eigenvalue weighted by molar-refractivity contribution is 5.75. The number of nitrogens with one attached hydrogen (secondary N) is 1. The molecule has 1 aliphatic rings. The summed E-state index contributed by atoms with van der Waals surface area (Å²) < 4.78 is 10.7. The van der Waals surface area contributed by atoms with Crippen LogP contribution in [0.2, 0.25) is 0 Å². The Kier molecular flexibility index (Phi) is 7.53. The number of aliphatic carboxylic acids is 1. The minimum Gasteiger partial charge on any atom is -0.497 e. The van der Waals surface area contributed by atoms with Crippen LogP contribution in [0.4, 0.5) is 4.79 Å². The maximum atomic E-state index is 12.0. The molecule has 1 aliphatic heterocycles. The summed E-state index contributed by atoms with van der Waals surface area (Å²) in [7, 11) is 1.63. The van der Waals surface area contributed by atoms with E-state index >= 15 is 0 Å². The number of hydrogen-bond acceptors (Lipinski definition) is 4. The Hall–Kier alpha value is -2.28. The van der Waals surface area contributed by atoms with Crippen LogP contribution in [0.1, 0.15) is 24.8 Å². The number of carbonyl (C=O) groups is 2. The molecule has 0 bridgehead atoms. The van der Waals surface area contributed by atoms with E-state index in [0.717, 1.165) is 17.7 Å². The summed E-state index contributed by atoms with van der Waals surface area (Å²) in [6.07, 6.45) is 1.77. The summed E-state index contributed by atoms with van der Waals surface area (Å²) >= 11 is 0. The molecule has 1 aromatic carbocycles. The molecule has 0 saturated carbocycles. The largest absolute Gasteiger partial charge is 0.497 e. The molecule has 138 valence electrons. The number of carboxylic acids is 1. The van der Waals surface area contributed by atoms with Gasteiger partial charge in [-0.1, -0.05) is 12.1 Å². The number of rotatable bonds is 8. The van der Waals surface area contributed by atoms with Gasteiger partial charge in [0, 0.05) is 26.2 Å². The molecule has 2 N–H and O–H groups in total. The van der Waals surface area contributed by atoms with Gasteiger partial charge in [0.1, 0.15) is 5.75 Å². The number of benzene rings is 1. The molecule has 1 saturated heterocycles. The molecule has 2 rings (SSSR count). The molecule has 1 aromatic rings. The van der Waals surface area contributed by atoms with Crippen molar-refractivity contribution in [1.29, 1.82) is 0 Å². The monoisotopic (exact) mass is 350 g/mol. The Labute approximate surface area is 147 Å². The van der Waals surface area contributed by atoms with Crippen molar-refractivity contribution in [3.63, 3.8) is 0 Å². The van der Waals surface area contributed by atoms with E-state index in [-0.39, 0.29) is 11.9 Å². The second kappa shape index (κ2) is 9.88. The zero-order valence-electron chi connectivity index (χ0n) is 14.6. The van der Waals surface area contributed by atoms with E-state index in [1.54, 1.807) is 12.0 Å². The fraction of sp³-hybridized carbons (Fsp3) is 0.556. The minimum absolute atomic E-state index is 0.126. The predicted molar refractivity (Wildman–Crippen MR) is 92.6 cm³/mol. The Morgan fingerprint density at radius 2 is 1.92 bits per heavy atom. The van der Waals surface area contributed by atoms with E-state index in [2.05, 4.69) is 5.32 Å². The van der Waals surface area contributed by atoms with Crippen molar-refractivity contribution in [3.05, 3.63) is 29.8 Å². The first-order valence-electron chi connectivity index (χ1n) is 8.56. The van der Waals surface area contributed by atoms with Gasteiger partial charge in [0.05, 0.1) is 19.6 Å². The molecule has 0 unspecified atom stereocenters. The van der Waals surface area contributed by atoms with Gasteiger partial charge in [-0.05, 0) is 37.0 Å². The van der Waals surface area contributed by atoms with E-state index in [1.165, 1.54) is 0 Å². The van der Waals surface area contributed by atoms with Gasteiger partial charge >= 0.3 is 12.0 Å². The first-order chi connectivity index (χ1) is 12.1. The number of methoxy groups -OCH3 is 1. The number of amides is 2. The molecule has 0 aromatic heterocycles. The number of carbonyl (C=O) groups excluding carboxylic acids is 1. The van der Waals surface area contributed by atoms with E-state index in [0.29, 0.717) is 45.7 Å². The summed E-state index contributed by atoms with van der Waals surface area (Å²) in [5.41, 5.74) is 1.08. The standard InChI is InChI=1S/C18H26N2O5/c1-24-16-5-3-14(4-6-16)13-25-12-2-9-19-18(23)20-10-7-15(8-11-20)17(21)22/h3-6,15H,2,7-13H2,1H3,(H,19,23)(H,21,22). The summed E-state index contributed by atoms with van der Waals surface area (Å²) in [6, 6.07) is 7.58. The van der Waals surface area contributed by atoms with Crippen LogP contribution in [-0.4, -0.2) is 55.4 Å². The molecule has 1 heterocycles. The number of urea groups is 1. The van der Waals surface area contributed by atoms with Gasteiger partial charge in [0.25, 0.3) is 0 Å². The van der Waals surface area contributed by atoms with Gasteiger partial charge in [-0.2, -0.15) is 0 Å². The summed E-state index contributed by atoms with van der Waals surface area (Å²) in [5, 5.41) is 11.8. The molecule has 7 heteroatoms. The average molecular weight is 350 g/mol. The molecule has 25 heavy (non-hydrogen) atoms. The summed E-state index contributed by atoms with van der Waals surface area (Å²) in [4.78, 5) is 24.6. The topological polar surface area (TPSA) is 88.1 Å². The number of ether oxygens (including phenoxy) is 2. The third kappa shape index (κ3) is 6.26. The molecular weight excluding hydrogens is 324 g/mol. The van der Waals surface area contributed by atoms with Crippen LogP contribution >= 0.6 is 0 Å². The Balaban J connectivity index is 1.54. The zero-order chi connectivity index (χ0) is 18.1. The highest BCUT2D eigenvalue weighted by Crippen LogP contribution is 2.17. The number of carboxylic acid groups (broad SMARTS) is 1. The van der Waals surface area contributed by atoms with Gasteiger partial charge in [-0.15, -0.1) is 0 Å². The van der Waals surface area contributed by atoms with Gasteiger partial charge in [0.15, 0.2) is 0 Å². The molecule has 7 nitrogen and oxygen atoms in total. The van der Waals surface area contributed by atoms with E-state index in [1.807, 2.05) is 24.3 Å². The minimum atomic E-state index is -0.769. The van der Waals surface area contributed by atoms with Crippen LogP contribution in [0.25, 0.3) is 0 Å². The number of likely N-dealkylation sites (tertiary alicyclic amines) is 1. The summed E-state index contributed by atoms with van der Waals surface area (Å²) in [5.74, 6) is -0.275. The maximum Gasteiger partial charge on any atom is 0.317 e. The molecule has 0 radical (unpaired) electrons. The van der Waals surface area contributed by atoms with Crippen molar-refractivity contribution in [1.82, 2.24) is 10.2 Å². The SMILES string of the molecule is COc1ccc(COCCCNC(=O)N2CCC(C(=O)O)CC2)cc1. The van der Waals surface area contributed by atoms with E-state index in [4.69, 9.17) is 14.6 Å². The lowest BCUT2D eigenvalue weighted by atomic mass is 9.97. The van der Waals surface area contributed by atoms with Crippen LogP contribution in [0.3, 0.4) is 0 Å². The predicted octanol–water partition coefficient (Wildman–Crippen LogP) is 2.11. The van der Waals surface area contributed by atoms with E-state index in [9.17, 15) is 9.59 Å². The fourth-order valence-electron chi connectivity index (χ4n) is 2.72. The van der Waals surface area contributed by atoms with Crippen molar-refractivity contribution in [3.8, 4) is 5.75 Å². The first kappa shape index (κ1) is 19.1. The Morgan fingerprint density at radius 1 is 1.24 bits per heavy atom. The van der Waals surface area contributed by atoms with Crippen LogP contribution in [0.15, 0.2) is 24.3 Å². The van der Waals surface area contributed by atoms with Crippen molar-refractivity contribution >= 4 is 12.0 Å². The molecule has 0 spiro atoms. The lowest BCUT2D eigenvalue weighted by Gasteiger charge is -2.30. The van der Waals surface area contributed by atoms with Gasteiger partial charge in [0.2, 0.25) is 0 Å². The van der Waals surface area contributed by atoms with Crippen molar-refractivity contribution in [2.75, 3.05) is 33.4 Å². The smallest absolute Gasteiger partial charge is 0.317 e. The van der Waals surface area contributed by atoms with Crippen molar-refractivity contribution < 1.29 is 24.2 Å². The second-order valence-corrected chi connectivity index (χ2v) is 6.09. The second-order valence-electron chi connectivity index (χ2n) is 6.09. The van der Waals surface area contributed by atoms with E-state index < -0.39 is 5.97 Å². The third-order valence-electron chi connectivity index (χ3n) is 4.30. The zero-order valence-corrected chi connectivity index (χ0v) is 14.6. The van der Waals surface area contributed by atoms with Gasteiger partial charge in [-0.3, -0.25) is 4.79 Å². The highest BCUT2D eigenvalue weighted by atomic mass is 16.5. The van der Waals surface area contributed by atoms with Crippen molar-refractivity contribution in [2.24, 2.45) is 5.92 Å². The first-order valence-corrected chi connectivity index (χ1v) is 8.56. The van der Waals surface area contributed by atoms with Crippen LogP contribution < -0.4 is 10.1 Å².